The summed E-state index contributed by atoms with van der Waals surface area (Å²) in [5, 5.41) is 0. The van der Waals surface area contributed by atoms with Crippen LogP contribution in [0, 0.1) is 23.7 Å². The predicted octanol–water partition coefficient (Wildman–Crippen LogP) is 4.07. The van der Waals surface area contributed by atoms with Gasteiger partial charge in [0.15, 0.2) is 6.29 Å². The van der Waals surface area contributed by atoms with Crippen LogP contribution < -0.4 is 0 Å². The Labute approximate surface area is 126 Å². The van der Waals surface area contributed by atoms with E-state index in [-0.39, 0.29) is 0 Å². The highest BCUT2D eigenvalue weighted by Crippen LogP contribution is 2.04. The number of carbonyl (C=O) groups excluding carboxylic acids is 1. The fourth-order valence-corrected chi connectivity index (χ4v) is 1.82. The van der Waals surface area contributed by atoms with Crippen molar-refractivity contribution >= 4 is 6.29 Å². The molecule has 1 heteroatoms. The highest BCUT2D eigenvalue weighted by Gasteiger charge is 1.94. The molecule has 0 bridgehead atoms. The minimum absolute atomic E-state index is 0.647. The second-order valence-electron chi connectivity index (χ2n) is 4.53. The standard InChI is InChI=1S/C20H16O/c21-17-20-16-10-9-15-19(20)14-8-3-1-2-5-11-18-12-6-4-7-13-18/h4,6-7,9-10,12-13,15-17H,1-3H2. The fraction of sp³-hybridized carbons (Fsp3) is 0.150. The molecule has 0 spiro atoms. The zero-order valence-electron chi connectivity index (χ0n) is 11.8. The molecule has 0 atom stereocenters. The number of carbonyl (C=O) groups is 1. The molecule has 0 N–H and O–H groups in total. The average Bonchev–Trinajstić information content (AvgIpc) is 2.55. The zero-order chi connectivity index (χ0) is 14.8. The summed E-state index contributed by atoms with van der Waals surface area (Å²) in [6, 6.07) is 17.3. The van der Waals surface area contributed by atoms with Crippen LogP contribution in [0.4, 0.5) is 0 Å². The number of benzene rings is 2. The van der Waals surface area contributed by atoms with Crippen LogP contribution in [0.25, 0.3) is 0 Å². The Bertz CT molecular complexity index is 706. The minimum Gasteiger partial charge on any atom is -0.298 e. The largest absolute Gasteiger partial charge is 0.298 e. The third kappa shape index (κ3) is 5.01. The van der Waals surface area contributed by atoms with Crippen molar-refractivity contribution in [3.05, 3.63) is 71.3 Å². The maximum absolute atomic E-state index is 10.9. The molecule has 0 unspecified atom stereocenters. The molecule has 2 aromatic carbocycles. The quantitative estimate of drug-likeness (QED) is 0.467. The number of unbranched alkanes of at least 4 members (excludes halogenated alkanes) is 2. The van der Waals surface area contributed by atoms with E-state index in [1.54, 1.807) is 6.07 Å². The van der Waals surface area contributed by atoms with Crippen LogP contribution in [0.5, 0.6) is 0 Å². The van der Waals surface area contributed by atoms with Crippen LogP contribution in [-0.4, -0.2) is 6.29 Å². The first-order chi connectivity index (χ1) is 10.4. The van der Waals surface area contributed by atoms with Gasteiger partial charge in [0.25, 0.3) is 0 Å². The molecular weight excluding hydrogens is 256 g/mol. The molecule has 0 saturated heterocycles. The minimum atomic E-state index is 0.647. The van der Waals surface area contributed by atoms with Crippen molar-refractivity contribution in [2.24, 2.45) is 0 Å². The summed E-state index contributed by atoms with van der Waals surface area (Å²) in [5.41, 5.74) is 2.49. The van der Waals surface area contributed by atoms with E-state index in [4.69, 9.17) is 0 Å². The lowest BCUT2D eigenvalue weighted by Crippen LogP contribution is -1.85. The zero-order valence-corrected chi connectivity index (χ0v) is 11.8. The number of rotatable bonds is 3. The fourth-order valence-electron chi connectivity index (χ4n) is 1.82. The van der Waals surface area contributed by atoms with E-state index in [1.807, 2.05) is 48.5 Å². The van der Waals surface area contributed by atoms with E-state index < -0.39 is 0 Å². The molecule has 0 aliphatic carbocycles. The Morgan fingerprint density at radius 2 is 1.48 bits per heavy atom. The van der Waals surface area contributed by atoms with Gasteiger partial charge in [-0.1, -0.05) is 60.1 Å². The molecule has 2 rings (SSSR count). The molecule has 1 nitrogen and oxygen atoms in total. The van der Waals surface area contributed by atoms with E-state index in [0.29, 0.717) is 5.56 Å². The summed E-state index contributed by atoms with van der Waals surface area (Å²) in [7, 11) is 0. The maximum Gasteiger partial charge on any atom is 0.151 e. The van der Waals surface area contributed by atoms with E-state index in [9.17, 15) is 4.79 Å². The van der Waals surface area contributed by atoms with Crippen molar-refractivity contribution in [1.29, 1.82) is 0 Å². The highest BCUT2D eigenvalue weighted by molar-refractivity contribution is 5.79. The summed E-state index contributed by atoms with van der Waals surface area (Å²) < 4.78 is 0. The van der Waals surface area contributed by atoms with Crippen molar-refractivity contribution in [3.63, 3.8) is 0 Å². The third-order valence-electron chi connectivity index (χ3n) is 2.92. The summed E-state index contributed by atoms with van der Waals surface area (Å²) in [6.07, 6.45) is 3.40. The van der Waals surface area contributed by atoms with E-state index in [0.717, 1.165) is 36.7 Å². The van der Waals surface area contributed by atoms with Crippen molar-refractivity contribution in [2.45, 2.75) is 19.3 Å². The van der Waals surface area contributed by atoms with Gasteiger partial charge in [-0.2, -0.15) is 0 Å². The van der Waals surface area contributed by atoms with Crippen molar-refractivity contribution in [2.75, 3.05) is 0 Å². The first kappa shape index (κ1) is 14.6. The Hall–Kier alpha value is -2.77. The summed E-state index contributed by atoms with van der Waals surface area (Å²) in [4.78, 5) is 10.9. The topological polar surface area (TPSA) is 17.1 Å². The highest BCUT2D eigenvalue weighted by atomic mass is 16.1. The normalized spacial score (nSPS) is 8.95. The molecule has 0 aliphatic rings. The molecule has 0 aromatic heterocycles. The Kier molecular flexibility index (Phi) is 5.86. The molecule has 0 fully saturated rings. The summed E-state index contributed by atoms with van der Waals surface area (Å²) >= 11 is 0. The van der Waals surface area contributed by atoms with E-state index >= 15 is 0 Å². The molecule has 2 aromatic rings. The smallest absolute Gasteiger partial charge is 0.151 e. The number of hydrogen-bond donors (Lipinski definition) is 0. The van der Waals surface area contributed by atoms with Crippen molar-refractivity contribution in [3.8, 4) is 23.7 Å². The molecule has 21 heavy (non-hydrogen) atoms. The van der Waals surface area contributed by atoms with Crippen LogP contribution >= 0.6 is 0 Å². The molecule has 102 valence electrons. The number of hydrogen-bond acceptors (Lipinski definition) is 1. The maximum atomic E-state index is 10.9. The monoisotopic (exact) mass is 272 g/mol. The lowest BCUT2D eigenvalue weighted by molar-refractivity contribution is 0.112. The van der Waals surface area contributed by atoms with Gasteiger partial charge in [0.1, 0.15) is 0 Å². The molecule has 0 heterocycles. The van der Waals surface area contributed by atoms with Crippen LogP contribution in [0.2, 0.25) is 0 Å². The SMILES string of the molecule is O=Cc1ccccc1C#CCCCC#Cc1ccccc1. The van der Waals surface area contributed by atoms with Gasteiger partial charge in [-0.3, -0.25) is 4.79 Å². The third-order valence-corrected chi connectivity index (χ3v) is 2.92. The van der Waals surface area contributed by atoms with Gasteiger partial charge < -0.3 is 0 Å². The Balaban J connectivity index is 1.80. The Morgan fingerprint density at radius 3 is 2.24 bits per heavy atom. The van der Waals surface area contributed by atoms with E-state index in [2.05, 4.69) is 23.7 Å². The average molecular weight is 272 g/mol. The van der Waals surface area contributed by atoms with Crippen LogP contribution in [0.3, 0.4) is 0 Å². The first-order valence-corrected chi connectivity index (χ1v) is 6.97. The van der Waals surface area contributed by atoms with E-state index in [1.165, 1.54) is 0 Å². The second-order valence-corrected chi connectivity index (χ2v) is 4.53. The Morgan fingerprint density at radius 1 is 0.810 bits per heavy atom. The molecular formula is C20H16O. The van der Waals surface area contributed by atoms with Crippen molar-refractivity contribution < 1.29 is 4.79 Å². The van der Waals surface area contributed by atoms with Gasteiger partial charge in [-0.25, -0.2) is 0 Å². The predicted molar refractivity (Wildman–Crippen MR) is 85.9 cm³/mol. The van der Waals surface area contributed by atoms with Gasteiger partial charge in [0, 0.05) is 29.5 Å². The van der Waals surface area contributed by atoms with Gasteiger partial charge in [-0.05, 0) is 24.6 Å². The summed E-state index contributed by atoms with van der Waals surface area (Å²) in [5.74, 6) is 12.4. The summed E-state index contributed by atoms with van der Waals surface area (Å²) in [6.45, 7) is 0. The number of aldehydes is 1. The second kappa shape index (κ2) is 8.41. The van der Waals surface area contributed by atoms with Gasteiger partial charge >= 0.3 is 0 Å². The van der Waals surface area contributed by atoms with Gasteiger partial charge in [0.05, 0.1) is 0 Å². The molecule has 0 radical (unpaired) electrons. The lowest BCUT2D eigenvalue weighted by atomic mass is 10.1. The van der Waals surface area contributed by atoms with Crippen LogP contribution in [0.1, 0.15) is 40.7 Å². The van der Waals surface area contributed by atoms with Crippen molar-refractivity contribution in [1.82, 2.24) is 0 Å². The molecule has 0 amide bonds. The molecule has 0 aliphatic heterocycles. The van der Waals surface area contributed by atoms with Crippen LogP contribution in [-0.2, 0) is 0 Å². The van der Waals surface area contributed by atoms with Gasteiger partial charge in [0.2, 0.25) is 0 Å². The van der Waals surface area contributed by atoms with Crippen LogP contribution in [0.15, 0.2) is 54.6 Å². The first-order valence-electron chi connectivity index (χ1n) is 6.97. The van der Waals surface area contributed by atoms with Gasteiger partial charge in [-0.15, -0.1) is 0 Å². The molecule has 0 saturated carbocycles. The lowest BCUT2D eigenvalue weighted by Gasteiger charge is -1.93.